The Morgan fingerprint density at radius 3 is 1.86 bits per heavy atom. The highest BCUT2D eigenvalue weighted by molar-refractivity contribution is 5.82. The van der Waals surface area contributed by atoms with Crippen LogP contribution in [0.15, 0.2) is 12.2 Å². The Labute approximate surface area is 84.3 Å². The molecule has 0 saturated heterocycles. The van der Waals surface area contributed by atoms with Crippen LogP contribution in [0.3, 0.4) is 0 Å². The largest absolute Gasteiger partial charge is 0.550 e. The van der Waals surface area contributed by atoms with Gasteiger partial charge in [-0.1, -0.05) is 26.3 Å². The van der Waals surface area contributed by atoms with Crippen LogP contribution in [0.1, 0.15) is 39.5 Å². The fourth-order valence-corrected chi connectivity index (χ4v) is 0.519. The number of carbonyl (C=O) groups is 2. The lowest BCUT2D eigenvalue weighted by atomic mass is 10.2. The van der Waals surface area contributed by atoms with E-state index in [1.54, 1.807) is 0 Å². The normalized spacial score (nSPS) is 8.43. The second-order valence-electron chi connectivity index (χ2n) is 2.90. The molecule has 4 nitrogen and oxygen atoms in total. The van der Waals surface area contributed by atoms with Crippen molar-refractivity contribution in [3.8, 4) is 0 Å². The fourth-order valence-electron chi connectivity index (χ4n) is 0.519. The average Bonchev–Trinajstić information content (AvgIpc) is 2.05. The van der Waals surface area contributed by atoms with E-state index in [0.717, 1.165) is 19.3 Å². The Bertz CT molecular complexity index is 184. The van der Waals surface area contributed by atoms with Crippen molar-refractivity contribution >= 4 is 11.9 Å². The van der Waals surface area contributed by atoms with Gasteiger partial charge in [-0.2, -0.15) is 0 Å². The van der Waals surface area contributed by atoms with E-state index in [9.17, 15) is 19.8 Å². The van der Waals surface area contributed by atoms with Gasteiger partial charge in [-0.3, -0.25) is 0 Å². The van der Waals surface area contributed by atoms with Crippen LogP contribution < -0.4 is 10.2 Å². The first-order valence-corrected chi connectivity index (χ1v) is 4.48. The summed E-state index contributed by atoms with van der Waals surface area (Å²) < 4.78 is 0. The quantitative estimate of drug-likeness (QED) is 0.448. The van der Waals surface area contributed by atoms with Crippen molar-refractivity contribution in [2.24, 2.45) is 0 Å². The first-order chi connectivity index (χ1) is 6.41. The third-order valence-corrected chi connectivity index (χ3v) is 1.33. The van der Waals surface area contributed by atoms with Crippen LogP contribution in [0.4, 0.5) is 0 Å². The Morgan fingerprint density at radius 1 is 1.21 bits per heavy atom. The lowest BCUT2D eigenvalue weighted by Gasteiger charge is -1.97. The van der Waals surface area contributed by atoms with Gasteiger partial charge in [-0.25, -0.2) is 0 Å². The molecule has 0 atom stereocenters. The molecule has 0 aliphatic carbocycles. The third-order valence-electron chi connectivity index (χ3n) is 1.33. The summed E-state index contributed by atoms with van der Waals surface area (Å²) in [5.41, 5.74) is 0.0648. The minimum atomic E-state index is -1.19. The second kappa shape index (κ2) is 9.77. The van der Waals surface area contributed by atoms with Gasteiger partial charge in [0.2, 0.25) is 0 Å². The molecule has 0 saturated carbocycles. The molecule has 0 aromatic heterocycles. The monoisotopic (exact) mass is 200 g/mol. The maximum absolute atomic E-state index is 9.76. The van der Waals surface area contributed by atoms with Gasteiger partial charge in [0.1, 0.15) is 0 Å². The molecular weight excluding hydrogens is 184 g/mol. The molecule has 0 spiro atoms. The Hall–Kier alpha value is -1.32. The number of hydrogen-bond donors (Lipinski definition) is 0. The van der Waals surface area contributed by atoms with Gasteiger partial charge in [0.15, 0.2) is 0 Å². The van der Waals surface area contributed by atoms with E-state index in [1.165, 1.54) is 6.92 Å². The van der Waals surface area contributed by atoms with Crippen LogP contribution in [0, 0.1) is 0 Å². The predicted octanol–water partition coefficient (Wildman–Crippen LogP) is -0.371. The van der Waals surface area contributed by atoms with Crippen LogP contribution >= 0.6 is 0 Å². The molecule has 14 heavy (non-hydrogen) atoms. The molecule has 0 N–H and O–H groups in total. The molecule has 82 valence electrons. The Kier molecular flexibility index (Phi) is 10.6. The maximum atomic E-state index is 9.76. The number of aliphatic carboxylic acids is 2. The van der Waals surface area contributed by atoms with Gasteiger partial charge < -0.3 is 19.8 Å². The van der Waals surface area contributed by atoms with E-state index in [0.29, 0.717) is 0 Å². The minimum Gasteiger partial charge on any atom is -0.550 e. The van der Waals surface area contributed by atoms with Crippen LogP contribution in [-0.2, 0) is 9.59 Å². The van der Waals surface area contributed by atoms with Gasteiger partial charge in [0.05, 0.1) is 5.97 Å². The SMILES string of the molecule is C=C(C)C(=O)[O-].CCCCCC(=O)[O-]. The van der Waals surface area contributed by atoms with Crippen molar-refractivity contribution in [1.82, 2.24) is 0 Å². The van der Waals surface area contributed by atoms with Crippen molar-refractivity contribution in [3.63, 3.8) is 0 Å². The lowest BCUT2D eigenvalue weighted by Crippen LogP contribution is -2.22. The molecule has 0 rings (SSSR count). The van der Waals surface area contributed by atoms with Crippen molar-refractivity contribution in [2.45, 2.75) is 39.5 Å². The zero-order chi connectivity index (χ0) is 11.6. The zero-order valence-electron chi connectivity index (χ0n) is 8.67. The van der Waals surface area contributed by atoms with Crippen molar-refractivity contribution in [3.05, 3.63) is 12.2 Å². The smallest absolute Gasteiger partial charge is 0.0666 e. The molecule has 4 heteroatoms. The van der Waals surface area contributed by atoms with Gasteiger partial charge in [-0.05, 0) is 25.3 Å². The van der Waals surface area contributed by atoms with E-state index in [4.69, 9.17) is 0 Å². The van der Waals surface area contributed by atoms with Crippen LogP contribution in [0.2, 0.25) is 0 Å². The first-order valence-electron chi connectivity index (χ1n) is 4.48. The Balaban J connectivity index is 0. The molecule has 0 aliphatic rings. The second-order valence-corrected chi connectivity index (χ2v) is 2.90. The summed E-state index contributed by atoms with van der Waals surface area (Å²) >= 11 is 0. The molecule has 0 radical (unpaired) electrons. The number of hydrogen-bond acceptors (Lipinski definition) is 4. The first kappa shape index (κ1) is 15.2. The summed E-state index contributed by atoms with van der Waals surface area (Å²) in [6.45, 7) is 6.51. The molecule has 0 amide bonds. The zero-order valence-corrected chi connectivity index (χ0v) is 8.67. The van der Waals surface area contributed by atoms with Gasteiger partial charge in [-0.15, -0.1) is 0 Å². The molecule has 0 aliphatic heterocycles. The van der Waals surface area contributed by atoms with Gasteiger partial charge in [0.25, 0.3) is 0 Å². The lowest BCUT2D eigenvalue weighted by molar-refractivity contribution is -0.306. The Morgan fingerprint density at radius 2 is 1.64 bits per heavy atom. The summed E-state index contributed by atoms with van der Waals surface area (Å²) in [4.78, 5) is 19.3. The molecule has 0 bridgehead atoms. The highest BCUT2D eigenvalue weighted by atomic mass is 16.4. The predicted molar refractivity (Wildman–Crippen MR) is 49.0 cm³/mol. The van der Waals surface area contributed by atoms with Crippen LogP contribution in [0.25, 0.3) is 0 Å². The number of carbonyl (C=O) groups excluding carboxylic acids is 2. The van der Waals surface area contributed by atoms with E-state index >= 15 is 0 Å². The molecule has 0 aromatic rings. The average molecular weight is 200 g/mol. The van der Waals surface area contributed by atoms with Crippen molar-refractivity contribution in [2.75, 3.05) is 0 Å². The summed E-state index contributed by atoms with van der Waals surface area (Å²) in [6, 6.07) is 0. The van der Waals surface area contributed by atoms with E-state index < -0.39 is 11.9 Å². The summed E-state index contributed by atoms with van der Waals surface area (Å²) in [5.74, 6) is -2.12. The van der Waals surface area contributed by atoms with Crippen molar-refractivity contribution < 1.29 is 19.8 Å². The molecule has 0 unspecified atom stereocenters. The summed E-state index contributed by atoms with van der Waals surface area (Å²) in [5, 5.41) is 19.3. The fraction of sp³-hybridized carbons (Fsp3) is 0.600. The number of carboxylic acid groups (broad SMARTS) is 2. The number of unbranched alkanes of at least 4 members (excludes halogenated alkanes) is 2. The van der Waals surface area contributed by atoms with Gasteiger partial charge >= 0.3 is 0 Å². The summed E-state index contributed by atoms with van der Waals surface area (Å²) in [6.07, 6.45) is 3.04. The molecule has 0 aromatic carbocycles. The number of carboxylic acids is 2. The highest BCUT2D eigenvalue weighted by Crippen LogP contribution is 1.96. The minimum absolute atomic E-state index is 0.0648. The third kappa shape index (κ3) is 17.0. The standard InChI is InChI=1S/C6H12O2.C4H6O2/c1-2-3-4-5-6(7)8;1-3(2)4(5)6/h2-5H2,1H3,(H,7,8);1H2,2H3,(H,5,6)/p-2. The molecular formula is C10H16O4-2. The maximum Gasteiger partial charge on any atom is 0.0666 e. The molecule has 0 heterocycles. The molecule has 0 fully saturated rings. The van der Waals surface area contributed by atoms with E-state index in [-0.39, 0.29) is 12.0 Å². The summed E-state index contributed by atoms with van der Waals surface area (Å²) in [7, 11) is 0. The van der Waals surface area contributed by atoms with Crippen molar-refractivity contribution in [1.29, 1.82) is 0 Å². The highest BCUT2D eigenvalue weighted by Gasteiger charge is 1.84. The van der Waals surface area contributed by atoms with Gasteiger partial charge in [0, 0.05) is 5.97 Å². The van der Waals surface area contributed by atoms with Crippen LogP contribution in [0.5, 0.6) is 0 Å². The number of rotatable bonds is 5. The van der Waals surface area contributed by atoms with E-state index in [1.807, 2.05) is 6.92 Å². The topological polar surface area (TPSA) is 80.3 Å². The van der Waals surface area contributed by atoms with E-state index in [2.05, 4.69) is 6.58 Å². The van der Waals surface area contributed by atoms with Crippen LogP contribution in [-0.4, -0.2) is 11.9 Å².